The summed E-state index contributed by atoms with van der Waals surface area (Å²) < 4.78 is 7.44. The van der Waals surface area contributed by atoms with Gasteiger partial charge in [-0.1, -0.05) is 12.1 Å². The first kappa shape index (κ1) is 15.9. The fourth-order valence-electron chi connectivity index (χ4n) is 6.20. The predicted molar refractivity (Wildman–Crippen MR) is 96.7 cm³/mol. The van der Waals surface area contributed by atoms with Crippen LogP contribution in [0.15, 0.2) is 36.9 Å². The smallest absolute Gasteiger partial charge is 0.230 e. The summed E-state index contributed by atoms with van der Waals surface area (Å²) in [6, 6.07) is 7.63. The van der Waals surface area contributed by atoms with Crippen molar-refractivity contribution in [1.82, 2.24) is 14.8 Å². The number of ether oxygens (including phenoxy) is 1. The topological polar surface area (TPSA) is 69.0 Å². The van der Waals surface area contributed by atoms with Gasteiger partial charge < -0.3 is 10.1 Å². The molecule has 2 aromatic rings. The molecule has 0 saturated heterocycles. The zero-order chi connectivity index (χ0) is 17.8. The van der Waals surface area contributed by atoms with Gasteiger partial charge in [0.25, 0.3) is 0 Å². The molecule has 6 nitrogen and oxygen atoms in total. The molecule has 1 N–H and O–H groups in total. The predicted octanol–water partition coefficient (Wildman–Crippen LogP) is 3.22. The molecule has 1 amide bonds. The number of anilines is 1. The molecule has 4 saturated carbocycles. The lowest BCUT2D eigenvalue weighted by Gasteiger charge is -2.60. The van der Waals surface area contributed by atoms with Gasteiger partial charge in [-0.2, -0.15) is 5.10 Å². The summed E-state index contributed by atoms with van der Waals surface area (Å²) >= 11 is 0. The highest BCUT2D eigenvalue weighted by Gasteiger charge is 2.61. The Kier molecular flexibility index (Phi) is 3.39. The van der Waals surface area contributed by atoms with Crippen LogP contribution in [0.2, 0.25) is 0 Å². The van der Waals surface area contributed by atoms with Crippen LogP contribution in [0.3, 0.4) is 0 Å². The molecule has 2 atom stereocenters. The summed E-state index contributed by atoms with van der Waals surface area (Å²) in [6.07, 6.45) is 9.77. The molecule has 0 radical (unpaired) electrons. The Labute approximate surface area is 153 Å². The Hall–Kier alpha value is -2.37. The van der Waals surface area contributed by atoms with Crippen molar-refractivity contribution in [2.75, 3.05) is 12.4 Å². The molecule has 1 aromatic heterocycles. The number of carbonyl (C=O) groups excluding carboxylic acids is 1. The van der Waals surface area contributed by atoms with E-state index in [1.165, 1.54) is 6.42 Å². The van der Waals surface area contributed by atoms with Crippen LogP contribution in [0, 0.1) is 17.3 Å². The number of methoxy groups -OCH3 is 1. The molecule has 136 valence electrons. The van der Waals surface area contributed by atoms with E-state index in [4.69, 9.17) is 4.74 Å². The van der Waals surface area contributed by atoms with Crippen LogP contribution in [0.5, 0.6) is 5.75 Å². The maximum absolute atomic E-state index is 13.4. The van der Waals surface area contributed by atoms with Crippen LogP contribution >= 0.6 is 0 Å². The summed E-state index contributed by atoms with van der Waals surface area (Å²) in [5, 5.41) is 7.63. The summed E-state index contributed by atoms with van der Waals surface area (Å²) in [5.41, 5.74) is 0.404. The second-order valence-corrected chi connectivity index (χ2v) is 8.46. The third-order valence-corrected chi connectivity index (χ3v) is 6.77. The highest BCUT2D eigenvalue weighted by molar-refractivity contribution is 5.97. The van der Waals surface area contributed by atoms with E-state index in [-0.39, 0.29) is 16.9 Å². The third-order valence-electron chi connectivity index (χ3n) is 6.77. The SMILES string of the molecule is COc1ccccc1NC(=O)C12CC3CC(C1)CC(n1cncn1)(C3)C2. The minimum atomic E-state index is -0.309. The second kappa shape index (κ2) is 5.56. The number of benzene rings is 1. The molecule has 4 bridgehead atoms. The summed E-state index contributed by atoms with van der Waals surface area (Å²) in [5.74, 6) is 2.05. The Morgan fingerprint density at radius 2 is 2.00 bits per heavy atom. The van der Waals surface area contributed by atoms with Crippen LogP contribution in [0.1, 0.15) is 38.5 Å². The van der Waals surface area contributed by atoms with Gasteiger partial charge in [-0.25, -0.2) is 9.67 Å². The van der Waals surface area contributed by atoms with Crippen LogP contribution in [0.25, 0.3) is 0 Å². The molecule has 26 heavy (non-hydrogen) atoms. The maximum atomic E-state index is 13.4. The van der Waals surface area contributed by atoms with Gasteiger partial charge in [0.2, 0.25) is 5.91 Å². The number of carbonyl (C=O) groups is 1. The van der Waals surface area contributed by atoms with E-state index in [1.807, 2.05) is 35.3 Å². The van der Waals surface area contributed by atoms with E-state index in [9.17, 15) is 4.79 Å². The van der Waals surface area contributed by atoms with Gasteiger partial charge in [-0.3, -0.25) is 4.79 Å². The average Bonchev–Trinajstić information content (AvgIpc) is 3.16. The third kappa shape index (κ3) is 2.27. The molecule has 4 aliphatic carbocycles. The molecule has 0 aliphatic heterocycles. The first-order valence-corrected chi connectivity index (χ1v) is 9.42. The van der Waals surface area contributed by atoms with Gasteiger partial charge in [0.05, 0.1) is 23.8 Å². The highest BCUT2D eigenvalue weighted by Crippen LogP contribution is 2.64. The number of para-hydroxylation sites is 2. The van der Waals surface area contributed by atoms with Crippen molar-refractivity contribution in [2.45, 2.75) is 44.1 Å². The van der Waals surface area contributed by atoms with E-state index in [0.29, 0.717) is 17.6 Å². The number of nitrogens with zero attached hydrogens (tertiary/aromatic N) is 3. The molecule has 4 aliphatic rings. The zero-order valence-electron chi connectivity index (χ0n) is 15.0. The van der Waals surface area contributed by atoms with Gasteiger partial charge in [0, 0.05) is 0 Å². The van der Waals surface area contributed by atoms with Gasteiger partial charge >= 0.3 is 0 Å². The van der Waals surface area contributed by atoms with Gasteiger partial charge in [0.1, 0.15) is 18.4 Å². The van der Waals surface area contributed by atoms with Gasteiger partial charge in [0.15, 0.2) is 0 Å². The first-order valence-electron chi connectivity index (χ1n) is 9.42. The van der Waals surface area contributed by atoms with Crippen molar-refractivity contribution in [1.29, 1.82) is 0 Å². The highest BCUT2D eigenvalue weighted by atomic mass is 16.5. The quantitative estimate of drug-likeness (QED) is 0.917. The van der Waals surface area contributed by atoms with Gasteiger partial charge in [-0.05, 0) is 62.5 Å². The summed E-state index contributed by atoms with van der Waals surface area (Å²) in [7, 11) is 1.63. The lowest BCUT2D eigenvalue weighted by atomic mass is 9.46. The fourth-order valence-corrected chi connectivity index (χ4v) is 6.20. The Morgan fingerprint density at radius 3 is 2.69 bits per heavy atom. The lowest BCUT2D eigenvalue weighted by Crippen LogP contribution is -2.60. The van der Waals surface area contributed by atoms with Crippen LogP contribution in [0.4, 0.5) is 5.69 Å². The summed E-state index contributed by atoms with van der Waals surface area (Å²) in [4.78, 5) is 17.6. The minimum Gasteiger partial charge on any atom is -0.495 e. The van der Waals surface area contributed by atoms with E-state index in [2.05, 4.69) is 15.4 Å². The van der Waals surface area contributed by atoms with E-state index in [0.717, 1.165) is 37.8 Å². The number of nitrogens with one attached hydrogen (secondary N) is 1. The number of rotatable bonds is 4. The molecule has 1 aromatic carbocycles. The number of aromatic nitrogens is 3. The number of hydrogen-bond donors (Lipinski definition) is 1. The second-order valence-electron chi connectivity index (χ2n) is 8.46. The summed E-state index contributed by atoms with van der Waals surface area (Å²) in [6.45, 7) is 0. The van der Waals surface area contributed by atoms with Crippen molar-refractivity contribution in [3.63, 3.8) is 0 Å². The molecular formula is C20H24N4O2. The maximum Gasteiger partial charge on any atom is 0.230 e. The van der Waals surface area contributed by atoms with E-state index in [1.54, 1.807) is 13.4 Å². The Bertz CT molecular complexity index is 818. The number of hydrogen-bond acceptors (Lipinski definition) is 4. The van der Waals surface area contributed by atoms with Crippen molar-refractivity contribution in [2.24, 2.45) is 17.3 Å². The van der Waals surface area contributed by atoms with Crippen LogP contribution in [-0.2, 0) is 10.3 Å². The number of amides is 1. The molecule has 0 spiro atoms. The largest absolute Gasteiger partial charge is 0.495 e. The normalized spacial score (nSPS) is 34.7. The van der Waals surface area contributed by atoms with Crippen molar-refractivity contribution < 1.29 is 9.53 Å². The fraction of sp³-hybridized carbons (Fsp3) is 0.550. The van der Waals surface area contributed by atoms with Crippen molar-refractivity contribution in [3.05, 3.63) is 36.9 Å². The van der Waals surface area contributed by atoms with E-state index >= 15 is 0 Å². The molecule has 1 heterocycles. The molecular weight excluding hydrogens is 328 g/mol. The molecule has 6 rings (SSSR count). The monoisotopic (exact) mass is 352 g/mol. The van der Waals surface area contributed by atoms with Crippen molar-refractivity contribution >= 4 is 11.6 Å². The molecule has 2 unspecified atom stereocenters. The van der Waals surface area contributed by atoms with Crippen molar-refractivity contribution in [3.8, 4) is 5.75 Å². The minimum absolute atomic E-state index is 0.0430. The van der Waals surface area contributed by atoms with Gasteiger partial charge in [-0.15, -0.1) is 0 Å². The Balaban J connectivity index is 1.47. The molecule has 4 fully saturated rings. The Morgan fingerprint density at radius 1 is 1.23 bits per heavy atom. The molecule has 6 heteroatoms. The van der Waals surface area contributed by atoms with Crippen LogP contribution in [-0.4, -0.2) is 27.8 Å². The van der Waals surface area contributed by atoms with E-state index < -0.39 is 0 Å². The standard InChI is InChI=1S/C20H24N4O2/c1-26-17-5-3-2-4-16(17)23-18(25)19-7-14-6-15(8-19)10-20(9-14,11-19)24-13-21-12-22-24/h2-5,12-15H,6-11H2,1H3,(H,23,25). The first-order chi connectivity index (χ1) is 12.6. The lowest BCUT2D eigenvalue weighted by molar-refractivity contribution is -0.150. The van der Waals surface area contributed by atoms with Crippen LogP contribution < -0.4 is 10.1 Å². The average molecular weight is 352 g/mol. The zero-order valence-corrected chi connectivity index (χ0v) is 15.0.